The molecule has 0 aliphatic heterocycles. The Kier molecular flexibility index (Phi) is 5.51. The Bertz CT molecular complexity index is 967. The number of aromatic nitrogens is 3. The number of hydrogen-bond acceptors (Lipinski definition) is 5. The number of ether oxygens (including phenoxy) is 1. The van der Waals surface area contributed by atoms with Crippen LogP contribution < -0.4 is 5.32 Å². The molecule has 0 spiro atoms. The number of rotatable bonds is 6. The van der Waals surface area contributed by atoms with Gasteiger partial charge in [-0.1, -0.05) is 23.2 Å². The summed E-state index contributed by atoms with van der Waals surface area (Å²) in [5, 5.41) is 3.48. The topological polar surface area (TPSA) is 86.1 Å². The van der Waals surface area contributed by atoms with Crippen LogP contribution in [0.25, 0.3) is 11.0 Å². The lowest BCUT2D eigenvalue weighted by atomic mass is 10.2. The monoisotopic (exact) mass is 392 g/mol. The molecule has 0 radical (unpaired) electrons. The first-order valence-corrected chi connectivity index (χ1v) is 8.36. The normalized spacial score (nSPS) is 10.9. The van der Waals surface area contributed by atoms with Crippen LogP contribution in [0, 0.1) is 0 Å². The molecule has 0 fully saturated rings. The van der Waals surface area contributed by atoms with E-state index in [-0.39, 0.29) is 21.4 Å². The minimum Gasteiger partial charge on any atom is -0.383 e. The van der Waals surface area contributed by atoms with Crippen LogP contribution in [0.3, 0.4) is 0 Å². The van der Waals surface area contributed by atoms with Crippen molar-refractivity contribution < 1.29 is 14.3 Å². The van der Waals surface area contributed by atoms with Crippen LogP contribution in [-0.2, 0) is 16.1 Å². The molecule has 1 amide bonds. The number of pyridine rings is 2. The first-order valence-electron chi connectivity index (χ1n) is 7.60. The quantitative estimate of drug-likeness (QED) is 0.514. The van der Waals surface area contributed by atoms with Crippen LogP contribution >= 0.6 is 23.2 Å². The van der Waals surface area contributed by atoms with Gasteiger partial charge >= 0.3 is 0 Å². The number of amides is 1. The minimum absolute atomic E-state index is 0.138. The highest BCUT2D eigenvalue weighted by Crippen LogP contribution is 2.29. The third-order valence-corrected chi connectivity index (χ3v) is 4.28. The average molecular weight is 393 g/mol. The van der Waals surface area contributed by atoms with E-state index >= 15 is 0 Å². The van der Waals surface area contributed by atoms with Crippen LogP contribution in [0.5, 0.6) is 0 Å². The molecule has 0 aromatic carbocycles. The molecule has 0 saturated heterocycles. The third-order valence-electron chi connectivity index (χ3n) is 3.71. The summed E-state index contributed by atoms with van der Waals surface area (Å²) in [4.78, 5) is 33.3. The highest BCUT2D eigenvalue weighted by atomic mass is 35.5. The van der Waals surface area contributed by atoms with Gasteiger partial charge in [-0.3, -0.25) is 14.6 Å². The first-order chi connectivity index (χ1) is 12.5. The predicted octanol–water partition coefficient (Wildman–Crippen LogP) is 3.21. The van der Waals surface area contributed by atoms with Crippen molar-refractivity contribution in [3.63, 3.8) is 0 Å². The maximum absolute atomic E-state index is 12.7. The lowest BCUT2D eigenvalue weighted by molar-refractivity contribution is -0.112. The standard InChI is InChI=1S/C17H14Cl2N4O3/c1-26-6-5-23-13(7-10-3-2-4-21-16(10)23)15(24)17(25)22-14-11(18)8-20-9-12(14)19/h2-4,7-9H,5-6H2,1H3,(H,20,22,25). The smallest absolute Gasteiger partial charge is 0.298 e. The fourth-order valence-corrected chi connectivity index (χ4v) is 2.96. The van der Waals surface area contributed by atoms with Crippen molar-refractivity contribution in [2.24, 2.45) is 0 Å². The van der Waals surface area contributed by atoms with Crippen molar-refractivity contribution in [2.75, 3.05) is 19.0 Å². The van der Waals surface area contributed by atoms with Gasteiger partial charge in [0.2, 0.25) is 0 Å². The number of anilines is 1. The Labute approximate surface area is 158 Å². The first kappa shape index (κ1) is 18.3. The number of halogens is 2. The maximum atomic E-state index is 12.7. The van der Waals surface area contributed by atoms with Gasteiger partial charge < -0.3 is 14.6 Å². The maximum Gasteiger partial charge on any atom is 0.298 e. The van der Waals surface area contributed by atoms with E-state index in [2.05, 4.69) is 15.3 Å². The second kappa shape index (κ2) is 7.82. The van der Waals surface area contributed by atoms with Gasteiger partial charge in [0.1, 0.15) is 5.65 Å². The van der Waals surface area contributed by atoms with Gasteiger partial charge in [-0.25, -0.2) is 4.98 Å². The summed E-state index contributed by atoms with van der Waals surface area (Å²) in [5.41, 5.74) is 0.939. The van der Waals surface area contributed by atoms with Crippen LogP contribution in [0.15, 0.2) is 36.8 Å². The summed E-state index contributed by atoms with van der Waals surface area (Å²) in [6, 6.07) is 5.19. The van der Waals surface area contributed by atoms with Gasteiger partial charge in [0.15, 0.2) is 0 Å². The van der Waals surface area contributed by atoms with Gasteiger partial charge in [0.25, 0.3) is 11.7 Å². The lowest BCUT2D eigenvalue weighted by Crippen LogP contribution is -2.26. The van der Waals surface area contributed by atoms with Crippen molar-refractivity contribution >= 4 is 51.6 Å². The number of carbonyl (C=O) groups excluding carboxylic acids is 2. The Hall–Kier alpha value is -2.48. The molecule has 7 nitrogen and oxygen atoms in total. The highest BCUT2D eigenvalue weighted by Gasteiger charge is 2.24. The molecule has 0 aliphatic rings. The number of nitrogens with zero attached hydrogens (tertiary/aromatic N) is 3. The van der Waals surface area contributed by atoms with Crippen molar-refractivity contribution in [3.05, 3.63) is 52.5 Å². The average Bonchev–Trinajstić information content (AvgIpc) is 3.00. The van der Waals surface area contributed by atoms with Crippen molar-refractivity contribution in [3.8, 4) is 0 Å². The van der Waals surface area contributed by atoms with E-state index in [1.54, 1.807) is 30.0 Å². The summed E-state index contributed by atoms with van der Waals surface area (Å²) in [6.45, 7) is 0.742. The fourth-order valence-electron chi connectivity index (χ4n) is 2.50. The summed E-state index contributed by atoms with van der Waals surface area (Å²) in [5.74, 6) is -1.59. The number of nitrogens with one attached hydrogen (secondary N) is 1. The van der Waals surface area contributed by atoms with Gasteiger partial charge in [-0.15, -0.1) is 0 Å². The lowest BCUT2D eigenvalue weighted by Gasteiger charge is -2.10. The third kappa shape index (κ3) is 3.55. The molecule has 0 unspecified atom stereocenters. The van der Waals surface area contributed by atoms with Gasteiger partial charge in [-0.05, 0) is 18.2 Å². The van der Waals surface area contributed by atoms with E-state index in [4.69, 9.17) is 27.9 Å². The number of Topliss-reactive ketones (excluding diaryl/α,β-unsaturated/α-hetero) is 1. The predicted molar refractivity (Wildman–Crippen MR) is 98.8 cm³/mol. The minimum atomic E-state index is -0.860. The molecule has 134 valence electrons. The Morgan fingerprint density at radius 1 is 1.27 bits per heavy atom. The molecule has 3 aromatic rings. The van der Waals surface area contributed by atoms with Crippen LogP contribution in [-0.4, -0.2) is 39.9 Å². The molecule has 0 saturated carbocycles. The van der Waals surface area contributed by atoms with Gasteiger partial charge in [0.05, 0.1) is 28.0 Å². The SMILES string of the molecule is COCCn1c(C(=O)C(=O)Nc2c(Cl)cncc2Cl)cc2cccnc21. The molecule has 1 N–H and O–H groups in total. The highest BCUT2D eigenvalue weighted by molar-refractivity contribution is 6.48. The summed E-state index contributed by atoms with van der Waals surface area (Å²) < 4.78 is 6.73. The largest absolute Gasteiger partial charge is 0.383 e. The molecule has 0 atom stereocenters. The zero-order chi connectivity index (χ0) is 18.7. The van der Waals surface area contributed by atoms with E-state index < -0.39 is 11.7 Å². The number of hydrogen-bond donors (Lipinski definition) is 1. The Morgan fingerprint density at radius 3 is 2.69 bits per heavy atom. The molecule has 3 rings (SSSR count). The summed E-state index contributed by atoms with van der Waals surface area (Å²) >= 11 is 12.0. The Balaban J connectivity index is 1.95. The molecule has 0 bridgehead atoms. The zero-order valence-electron chi connectivity index (χ0n) is 13.7. The zero-order valence-corrected chi connectivity index (χ0v) is 15.2. The molecule has 26 heavy (non-hydrogen) atoms. The van der Waals surface area contributed by atoms with Crippen molar-refractivity contribution in [1.82, 2.24) is 14.5 Å². The fraction of sp³-hybridized carbons (Fsp3) is 0.176. The number of methoxy groups -OCH3 is 1. The molecular weight excluding hydrogens is 379 g/mol. The van der Waals surface area contributed by atoms with Gasteiger partial charge in [0, 0.05) is 37.6 Å². The van der Waals surface area contributed by atoms with Crippen LogP contribution in [0.4, 0.5) is 5.69 Å². The Morgan fingerprint density at radius 2 is 2.00 bits per heavy atom. The van der Waals surface area contributed by atoms with E-state index in [0.717, 1.165) is 5.39 Å². The summed E-state index contributed by atoms with van der Waals surface area (Å²) in [6.07, 6.45) is 4.27. The second-order valence-corrected chi connectivity index (χ2v) is 6.17. The molecule has 9 heteroatoms. The van der Waals surface area contributed by atoms with Crippen LogP contribution in [0.1, 0.15) is 10.5 Å². The molecule has 3 aromatic heterocycles. The molecular formula is C17H14Cl2N4O3. The number of carbonyl (C=O) groups is 2. The van der Waals surface area contributed by atoms with Crippen LogP contribution in [0.2, 0.25) is 10.0 Å². The van der Waals surface area contributed by atoms with E-state index in [9.17, 15) is 9.59 Å². The van der Waals surface area contributed by atoms with E-state index in [1.807, 2.05) is 6.07 Å². The second-order valence-electron chi connectivity index (χ2n) is 5.35. The molecule has 0 aliphatic carbocycles. The van der Waals surface area contributed by atoms with Crippen molar-refractivity contribution in [2.45, 2.75) is 6.54 Å². The summed E-state index contributed by atoms with van der Waals surface area (Å²) in [7, 11) is 1.56. The number of fused-ring (bicyclic) bond motifs is 1. The number of ketones is 1. The van der Waals surface area contributed by atoms with Gasteiger partial charge in [-0.2, -0.15) is 0 Å². The molecule has 3 heterocycles. The van der Waals surface area contributed by atoms with Crippen molar-refractivity contribution in [1.29, 1.82) is 0 Å². The van der Waals surface area contributed by atoms with E-state index in [1.165, 1.54) is 12.4 Å². The van der Waals surface area contributed by atoms with E-state index in [0.29, 0.717) is 18.8 Å².